The molecule has 0 aromatic heterocycles. The molecule has 0 aliphatic heterocycles. The first kappa shape index (κ1) is 18.1. The van der Waals surface area contributed by atoms with Crippen LogP contribution < -0.4 is 5.01 Å². The van der Waals surface area contributed by atoms with Gasteiger partial charge in [-0.15, -0.1) is 0 Å². The highest BCUT2D eigenvalue weighted by Gasteiger charge is 2.31. The summed E-state index contributed by atoms with van der Waals surface area (Å²) in [5.41, 5.74) is 6.52. The molecule has 4 aromatic carbocycles. The van der Waals surface area contributed by atoms with Gasteiger partial charge < -0.3 is 0 Å². The summed E-state index contributed by atoms with van der Waals surface area (Å²) in [6, 6.07) is 32.1. The molecule has 6 rings (SSSR count). The first-order valence-electron chi connectivity index (χ1n) is 11.1. The van der Waals surface area contributed by atoms with Crippen molar-refractivity contribution in [2.75, 3.05) is 5.01 Å². The van der Waals surface area contributed by atoms with E-state index in [2.05, 4.69) is 102 Å². The molecule has 2 nitrogen and oxygen atoms in total. The minimum atomic E-state index is 0.387. The molecule has 2 aliphatic rings. The van der Waals surface area contributed by atoms with Gasteiger partial charge in [0.1, 0.15) is 0 Å². The molecule has 0 heterocycles. The average Bonchev–Trinajstić information content (AvgIpc) is 2.84. The Morgan fingerprint density at radius 3 is 2.26 bits per heavy atom. The number of hydrogen-bond donors (Lipinski definition) is 0. The highest BCUT2D eigenvalue weighted by Crippen LogP contribution is 2.45. The van der Waals surface area contributed by atoms with Gasteiger partial charge in [0.25, 0.3) is 0 Å². The van der Waals surface area contributed by atoms with Gasteiger partial charge in [-0.25, -0.2) is 5.01 Å². The smallest absolute Gasteiger partial charge is 0.0652 e. The number of hydrogen-bond acceptors (Lipinski definition) is 2. The highest BCUT2D eigenvalue weighted by atomic mass is 15.5. The largest absolute Gasteiger partial charge is 0.234 e. The Labute approximate surface area is 183 Å². The number of rotatable bonds is 4. The van der Waals surface area contributed by atoms with Crippen molar-refractivity contribution in [2.24, 2.45) is 11.0 Å². The summed E-state index contributed by atoms with van der Waals surface area (Å²) in [7, 11) is 0. The van der Waals surface area contributed by atoms with Gasteiger partial charge in [-0.2, -0.15) is 5.10 Å². The molecule has 4 aromatic rings. The van der Waals surface area contributed by atoms with Crippen LogP contribution in [0.15, 0.2) is 102 Å². The second-order valence-electron chi connectivity index (χ2n) is 8.42. The number of aryl methyl sites for hydroxylation is 1. The Morgan fingerprint density at radius 1 is 0.774 bits per heavy atom. The monoisotopic (exact) mass is 400 g/mol. The van der Waals surface area contributed by atoms with E-state index in [-0.39, 0.29) is 0 Å². The van der Waals surface area contributed by atoms with Crippen LogP contribution >= 0.6 is 0 Å². The normalized spacial score (nSPS) is 19.1. The SMILES string of the molecule is C1=CC2c3c(ccc4cccc1c34)CCC2/C=N/N(c1ccccc1)c1ccccc1. The number of anilines is 2. The molecule has 2 aliphatic carbocycles. The van der Waals surface area contributed by atoms with Crippen LogP contribution in [-0.4, -0.2) is 6.21 Å². The Hall–Kier alpha value is -3.65. The van der Waals surface area contributed by atoms with Gasteiger partial charge in [0, 0.05) is 18.1 Å². The summed E-state index contributed by atoms with van der Waals surface area (Å²) < 4.78 is 0. The summed E-state index contributed by atoms with van der Waals surface area (Å²) in [6.07, 6.45) is 9.12. The first-order valence-corrected chi connectivity index (χ1v) is 11.1. The van der Waals surface area contributed by atoms with Gasteiger partial charge in [0.05, 0.1) is 11.4 Å². The van der Waals surface area contributed by atoms with Crippen molar-refractivity contribution in [3.05, 3.63) is 114 Å². The van der Waals surface area contributed by atoms with E-state index < -0.39 is 0 Å². The first-order chi connectivity index (χ1) is 15.4. The lowest BCUT2D eigenvalue weighted by Gasteiger charge is -2.33. The predicted octanol–water partition coefficient (Wildman–Crippen LogP) is 7.34. The van der Waals surface area contributed by atoms with Crippen LogP contribution in [0.2, 0.25) is 0 Å². The molecular weight excluding hydrogens is 376 g/mol. The van der Waals surface area contributed by atoms with Crippen LogP contribution in [0, 0.1) is 5.92 Å². The molecule has 0 radical (unpaired) electrons. The zero-order valence-corrected chi connectivity index (χ0v) is 17.4. The number of nitrogens with zero attached hydrogens (tertiary/aromatic N) is 2. The number of allylic oxidation sites excluding steroid dienone is 1. The standard InChI is InChI=1S/C29H24N2/c1-3-10-25(11-4-1)31(26-12-5-2-6-13-26)30-20-24-17-16-23-15-14-21-8-7-9-22-18-19-27(24)29(23)28(21)22/h1-15,18-20,24,27H,16-17H2/b30-20+. The van der Waals surface area contributed by atoms with Crippen LogP contribution in [0.25, 0.3) is 16.8 Å². The van der Waals surface area contributed by atoms with Crippen LogP contribution in [0.4, 0.5) is 11.4 Å². The Balaban J connectivity index is 1.40. The van der Waals surface area contributed by atoms with Gasteiger partial charge >= 0.3 is 0 Å². The molecule has 31 heavy (non-hydrogen) atoms. The topological polar surface area (TPSA) is 15.6 Å². The fourth-order valence-electron chi connectivity index (χ4n) is 5.12. The second kappa shape index (κ2) is 7.55. The van der Waals surface area contributed by atoms with Crippen LogP contribution in [0.3, 0.4) is 0 Å². The number of hydrazone groups is 1. The summed E-state index contributed by atoms with van der Waals surface area (Å²) in [4.78, 5) is 0. The van der Waals surface area contributed by atoms with E-state index in [0.717, 1.165) is 24.2 Å². The average molecular weight is 401 g/mol. The molecule has 0 saturated heterocycles. The van der Waals surface area contributed by atoms with Crippen molar-refractivity contribution >= 4 is 34.4 Å². The van der Waals surface area contributed by atoms with Gasteiger partial charge in [-0.3, -0.25) is 0 Å². The molecule has 2 unspecified atom stereocenters. The van der Waals surface area contributed by atoms with Gasteiger partial charge in [0.15, 0.2) is 0 Å². The lowest BCUT2D eigenvalue weighted by atomic mass is 9.71. The molecule has 0 fully saturated rings. The summed E-state index contributed by atoms with van der Waals surface area (Å²) in [5.74, 6) is 0.775. The minimum Gasteiger partial charge on any atom is -0.234 e. The Kier molecular flexibility index (Phi) is 4.42. The maximum Gasteiger partial charge on any atom is 0.0652 e. The van der Waals surface area contributed by atoms with Crippen molar-refractivity contribution < 1.29 is 0 Å². The third-order valence-electron chi connectivity index (χ3n) is 6.61. The Morgan fingerprint density at radius 2 is 1.52 bits per heavy atom. The van der Waals surface area contributed by atoms with E-state index in [1.54, 1.807) is 0 Å². The van der Waals surface area contributed by atoms with Crippen molar-refractivity contribution in [3.8, 4) is 0 Å². The van der Waals surface area contributed by atoms with Gasteiger partial charge in [0.2, 0.25) is 0 Å². The molecule has 0 spiro atoms. The van der Waals surface area contributed by atoms with Crippen molar-refractivity contribution in [1.29, 1.82) is 0 Å². The van der Waals surface area contributed by atoms with E-state index >= 15 is 0 Å². The van der Waals surface area contributed by atoms with E-state index in [0.29, 0.717) is 11.8 Å². The predicted molar refractivity (Wildman–Crippen MR) is 131 cm³/mol. The van der Waals surface area contributed by atoms with Crippen LogP contribution in [0.1, 0.15) is 29.0 Å². The quantitative estimate of drug-likeness (QED) is 0.258. The highest BCUT2D eigenvalue weighted by molar-refractivity contribution is 5.97. The number of benzene rings is 4. The lowest BCUT2D eigenvalue weighted by Crippen LogP contribution is -2.23. The fourth-order valence-corrected chi connectivity index (χ4v) is 5.12. The van der Waals surface area contributed by atoms with Crippen LogP contribution in [0.5, 0.6) is 0 Å². The minimum absolute atomic E-state index is 0.387. The van der Waals surface area contributed by atoms with Crippen LogP contribution in [-0.2, 0) is 6.42 Å². The fraction of sp³-hybridized carbons (Fsp3) is 0.138. The summed E-state index contributed by atoms with van der Waals surface area (Å²) in [5, 5.41) is 9.87. The number of para-hydroxylation sites is 2. The molecule has 2 heteroatoms. The molecule has 0 saturated carbocycles. The Bertz CT molecular complexity index is 1250. The lowest BCUT2D eigenvalue weighted by molar-refractivity contribution is 0.542. The molecule has 2 atom stereocenters. The summed E-state index contributed by atoms with van der Waals surface area (Å²) >= 11 is 0. The maximum atomic E-state index is 5.03. The maximum absolute atomic E-state index is 5.03. The van der Waals surface area contributed by atoms with Gasteiger partial charge in [-0.05, 0) is 64.6 Å². The summed E-state index contributed by atoms with van der Waals surface area (Å²) in [6.45, 7) is 0. The van der Waals surface area contributed by atoms with E-state index in [4.69, 9.17) is 5.10 Å². The van der Waals surface area contributed by atoms with Crippen molar-refractivity contribution in [2.45, 2.75) is 18.8 Å². The van der Waals surface area contributed by atoms with Crippen molar-refractivity contribution in [3.63, 3.8) is 0 Å². The molecule has 0 N–H and O–H groups in total. The van der Waals surface area contributed by atoms with Gasteiger partial charge in [-0.1, -0.05) is 78.9 Å². The second-order valence-corrected chi connectivity index (χ2v) is 8.42. The molecular formula is C29H24N2. The van der Waals surface area contributed by atoms with E-state index in [9.17, 15) is 0 Å². The van der Waals surface area contributed by atoms with E-state index in [1.165, 1.54) is 27.5 Å². The van der Waals surface area contributed by atoms with E-state index in [1.807, 2.05) is 12.1 Å². The molecule has 150 valence electrons. The third-order valence-corrected chi connectivity index (χ3v) is 6.61. The zero-order chi connectivity index (χ0) is 20.6. The zero-order valence-electron chi connectivity index (χ0n) is 17.4. The molecule has 0 amide bonds. The van der Waals surface area contributed by atoms with Crippen molar-refractivity contribution in [1.82, 2.24) is 0 Å². The molecule has 0 bridgehead atoms. The third kappa shape index (κ3) is 3.16.